The highest BCUT2D eigenvalue weighted by Gasteiger charge is 2.30. The summed E-state index contributed by atoms with van der Waals surface area (Å²) in [5.41, 5.74) is 6.72. The van der Waals surface area contributed by atoms with Crippen LogP contribution in [0.2, 0.25) is 0 Å². The van der Waals surface area contributed by atoms with Gasteiger partial charge in [-0.3, -0.25) is 4.79 Å². The van der Waals surface area contributed by atoms with Gasteiger partial charge in [-0.05, 0) is 24.3 Å². The number of hydrogen-bond donors (Lipinski definition) is 2. The molecular formula is C15H22N2O2. The molecule has 0 heterocycles. The number of benzene rings is 1. The number of hydrogen-bond acceptors (Lipinski definition) is 3. The minimum absolute atomic E-state index is 0.0649. The van der Waals surface area contributed by atoms with Crippen molar-refractivity contribution in [3.05, 3.63) is 35.9 Å². The standard InChI is InChI=1S/C15H22N2O2/c1-17(10-11-7-13(18)8-11)15(19)14(9-16)12-5-3-2-4-6-12/h2-6,11,13-14,18H,7-10,16H2,1H3. The van der Waals surface area contributed by atoms with Crippen molar-refractivity contribution in [2.24, 2.45) is 11.7 Å². The third-order valence-electron chi connectivity index (χ3n) is 3.85. The minimum atomic E-state index is -0.267. The SMILES string of the molecule is CN(CC1CC(O)C1)C(=O)C(CN)c1ccccc1. The summed E-state index contributed by atoms with van der Waals surface area (Å²) in [6, 6.07) is 9.66. The number of carbonyl (C=O) groups excluding carboxylic acids is 1. The van der Waals surface area contributed by atoms with E-state index in [-0.39, 0.29) is 17.9 Å². The van der Waals surface area contributed by atoms with Crippen LogP contribution in [0.25, 0.3) is 0 Å². The van der Waals surface area contributed by atoms with E-state index in [0.717, 1.165) is 18.4 Å². The number of aliphatic hydroxyl groups is 1. The van der Waals surface area contributed by atoms with Gasteiger partial charge in [0.15, 0.2) is 0 Å². The highest BCUT2D eigenvalue weighted by atomic mass is 16.3. The molecule has 0 spiro atoms. The number of nitrogens with zero attached hydrogens (tertiary/aromatic N) is 1. The molecule has 0 bridgehead atoms. The Morgan fingerprint density at radius 3 is 2.58 bits per heavy atom. The Morgan fingerprint density at radius 2 is 2.05 bits per heavy atom. The van der Waals surface area contributed by atoms with Crippen molar-refractivity contribution in [1.29, 1.82) is 0 Å². The Kier molecular flexibility index (Phi) is 4.56. The van der Waals surface area contributed by atoms with Gasteiger partial charge in [0.1, 0.15) is 0 Å². The van der Waals surface area contributed by atoms with E-state index in [1.54, 1.807) is 4.90 Å². The van der Waals surface area contributed by atoms with Crippen LogP contribution in [0.1, 0.15) is 24.3 Å². The number of nitrogens with two attached hydrogens (primary N) is 1. The monoisotopic (exact) mass is 262 g/mol. The maximum atomic E-state index is 12.4. The first-order chi connectivity index (χ1) is 9.11. The minimum Gasteiger partial charge on any atom is -0.393 e. The van der Waals surface area contributed by atoms with Gasteiger partial charge in [0, 0.05) is 20.1 Å². The number of carbonyl (C=O) groups is 1. The number of rotatable bonds is 5. The van der Waals surface area contributed by atoms with Crippen molar-refractivity contribution in [2.45, 2.75) is 24.9 Å². The van der Waals surface area contributed by atoms with Gasteiger partial charge in [-0.15, -0.1) is 0 Å². The Bertz CT molecular complexity index is 415. The molecule has 0 radical (unpaired) electrons. The van der Waals surface area contributed by atoms with Crippen molar-refractivity contribution in [2.75, 3.05) is 20.1 Å². The van der Waals surface area contributed by atoms with E-state index in [0.29, 0.717) is 19.0 Å². The van der Waals surface area contributed by atoms with Gasteiger partial charge < -0.3 is 15.7 Å². The lowest BCUT2D eigenvalue weighted by Crippen LogP contribution is -2.42. The molecular weight excluding hydrogens is 240 g/mol. The van der Waals surface area contributed by atoms with Gasteiger partial charge in [-0.25, -0.2) is 0 Å². The molecule has 0 aliphatic heterocycles. The van der Waals surface area contributed by atoms with Crippen molar-refractivity contribution in [1.82, 2.24) is 4.90 Å². The second-order valence-corrected chi connectivity index (χ2v) is 5.41. The molecule has 4 nitrogen and oxygen atoms in total. The molecule has 1 unspecified atom stereocenters. The summed E-state index contributed by atoms with van der Waals surface area (Å²) in [5.74, 6) is 0.226. The largest absolute Gasteiger partial charge is 0.393 e. The first kappa shape index (κ1) is 14.0. The van der Waals surface area contributed by atoms with Gasteiger partial charge in [0.2, 0.25) is 5.91 Å². The summed E-state index contributed by atoms with van der Waals surface area (Å²) in [7, 11) is 1.82. The predicted octanol–water partition coefficient (Wildman–Crippen LogP) is 0.958. The Morgan fingerprint density at radius 1 is 1.42 bits per heavy atom. The third-order valence-corrected chi connectivity index (χ3v) is 3.85. The van der Waals surface area contributed by atoms with Crippen LogP contribution in [0.4, 0.5) is 0 Å². The second-order valence-electron chi connectivity index (χ2n) is 5.41. The Balaban J connectivity index is 1.96. The number of amides is 1. The van der Waals surface area contributed by atoms with Crippen molar-refractivity contribution >= 4 is 5.91 Å². The molecule has 1 aromatic carbocycles. The molecule has 1 atom stereocenters. The van der Waals surface area contributed by atoms with Crippen LogP contribution >= 0.6 is 0 Å². The summed E-state index contributed by atoms with van der Waals surface area (Å²) in [6.45, 7) is 1.03. The summed E-state index contributed by atoms with van der Waals surface area (Å²) < 4.78 is 0. The number of likely N-dealkylation sites (N-methyl/N-ethyl adjacent to an activating group) is 1. The van der Waals surface area contributed by atoms with E-state index < -0.39 is 0 Å². The summed E-state index contributed by atoms with van der Waals surface area (Å²) in [6.07, 6.45) is 1.43. The predicted molar refractivity (Wildman–Crippen MR) is 74.6 cm³/mol. The molecule has 1 saturated carbocycles. The van der Waals surface area contributed by atoms with E-state index >= 15 is 0 Å². The summed E-state index contributed by atoms with van der Waals surface area (Å²) >= 11 is 0. The maximum Gasteiger partial charge on any atom is 0.231 e. The Labute approximate surface area is 114 Å². The maximum absolute atomic E-state index is 12.4. The van der Waals surface area contributed by atoms with Gasteiger partial charge in [0.05, 0.1) is 12.0 Å². The lowest BCUT2D eigenvalue weighted by Gasteiger charge is -2.35. The van der Waals surface area contributed by atoms with Crippen molar-refractivity contribution < 1.29 is 9.90 Å². The lowest BCUT2D eigenvalue weighted by molar-refractivity contribution is -0.132. The highest BCUT2D eigenvalue weighted by molar-refractivity contribution is 5.83. The van der Waals surface area contributed by atoms with Gasteiger partial charge >= 0.3 is 0 Å². The zero-order chi connectivity index (χ0) is 13.8. The zero-order valence-electron chi connectivity index (χ0n) is 11.3. The van der Waals surface area contributed by atoms with Gasteiger partial charge in [0.25, 0.3) is 0 Å². The van der Waals surface area contributed by atoms with E-state index in [4.69, 9.17) is 5.73 Å². The molecule has 3 N–H and O–H groups in total. The number of aliphatic hydroxyl groups excluding tert-OH is 1. The van der Waals surface area contributed by atoms with Crippen LogP contribution < -0.4 is 5.73 Å². The van der Waals surface area contributed by atoms with Crippen LogP contribution in [-0.4, -0.2) is 42.2 Å². The average molecular weight is 262 g/mol. The van der Waals surface area contributed by atoms with Crippen LogP contribution in [-0.2, 0) is 4.79 Å². The molecule has 4 heteroatoms. The first-order valence-corrected chi connectivity index (χ1v) is 6.80. The van der Waals surface area contributed by atoms with E-state index in [9.17, 15) is 9.90 Å². The quantitative estimate of drug-likeness (QED) is 0.830. The molecule has 1 aliphatic rings. The lowest BCUT2D eigenvalue weighted by atomic mass is 9.82. The normalized spacial score (nSPS) is 23.5. The van der Waals surface area contributed by atoms with E-state index in [2.05, 4.69) is 0 Å². The fourth-order valence-corrected chi connectivity index (χ4v) is 2.66. The van der Waals surface area contributed by atoms with E-state index in [1.807, 2.05) is 37.4 Å². The highest BCUT2D eigenvalue weighted by Crippen LogP contribution is 2.28. The van der Waals surface area contributed by atoms with Gasteiger partial charge in [-0.2, -0.15) is 0 Å². The average Bonchev–Trinajstić information content (AvgIpc) is 2.39. The van der Waals surface area contributed by atoms with E-state index in [1.165, 1.54) is 0 Å². The molecule has 19 heavy (non-hydrogen) atoms. The van der Waals surface area contributed by atoms with Crippen molar-refractivity contribution in [3.8, 4) is 0 Å². The van der Waals surface area contributed by atoms with Gasteiger partial charge in [-0.1, -0.05) is 30.3 Å². The van der Waals surface area contributed by atoms with Crippen LogP contribution in [0.5, 0.6) is 0 Å². The summed E-state index contributed by atoms with van der Waals surface area (Å²) in [4.78, 5) is 14.2. The Hall–Kier alpha value is -1.39. The molecule has 1 fully saturated rings. The first-order valence-electron chi connectivity index (χ1n) is 6.80. The third kappa shape index (κ3) is 3.33. The molecule has 1 amide bonds. The van der Waals surface area contributed by atoms with Crippen molar-refractivity contribution in [3.63, 3.8) is 0 Å². The molecule has 104 valence electrons. The smallest absolute Gasteiger partial charge is 0.231 e. The fourth-order valence-electron chi connectivity index (χ4n) is 2.66. The summed E-state index contributed by atoms with van der Waals surface area (Å²) in [5, 5.41) is 9.28. The molecule has 1 aromatic rings. The molecule has 1 aliphatic carbocycles. The van der Waals surface area contributed by atoms with Crippen LogP contribution in [0.3, 0.4) is 0 Å². The molecule has 0 saturated heterocycles. The zero-order valence-corrected chi connectivity index (χ0v) is 11.3. The molecule has 0 aromatic heterocycles. The fraction of sp³-hybridized carbons (Fsp3) is 0.533. The second kappa shape index (κ2) is 6.17. The topological polar surface area (TPSA) is 66.6 Å². The van der Waals surface area contributed by atoms with Crippen LogP contribution in [0.15, 0.2) is 30.3 Å². The van der Waals surface area contributed by atoms with Crippen LogP contribution in [0, 0.1) is 5.92 Å². The molecule has 2 rings (SSSR count).